The predicted octanol–water partition coefficient (Wildman–Crippen LogP) is 2.25. The number of hydrogen-bond acceptors (Lipinski definition) is 3. The van der Waals surface area contributed by atoms with Crippen molar-refractivity contribution in [2.75, 3.05) is 20.2 Å². The topological polar surface area (TPSA) is 47.4 Å². The molecular formula is C17H27N3O2. The third-order valence-electron chi connectivity index (χ3n) is 5.00. The van der Waals surface area contributed by atoms with Gasteiger partial charge in [-0.3, -0.25) is 4.79 Å². The SMILES string of the molecule is CN(CC1CCn2ccnc2C1)C(=O)COC1CCCCC1. The van der Waals surface area contributed by atoms with Crippen molar-refractivity contribution < 1.29 is 9.53 Å². The highest BCUT2D eigenvalue weighted by Crippen LogP contribution is 2.21. The van der Waals surface area contributed by atoms with Crippen LogP contribution in [-0.4, -0.2) is 46.7 Å². The number of aromatic nitrogens is 2. The van der Waals surface area contributed by atoms with E-state index in [4.69, 9.17) is 4.74 Å². The molecule has 1 amide bonds. The molecule has 0 aromatic carbocycles. The number of rotatable bonds is 5. The van der Waals surface area contributed by atoms with Crippen molar-refractivity contribution in [2.45, 2.75) is 57.6 Å². The van der Waals surface area contributed by atoms with Crippen molar-refractivity contribution in [3.8, 4) is 0 Å². The number of imidazole rings is 1. The van der Waals surface area contributed by atoms with Crippen molar-refractivity contribution >= 4 is 5.91 Å². The van der Waals surface area contributed by atoms with Crippen LogP contribution in [0, 0.1) is 5.92 Å². The summed E-state index contributed by atoms with van der Waals surface area (Å²) in [6.45, 7) is 2.06. The van der Waals surface area contributed by atoms with Gasteiger partial charge in [-0.15, -0.1) is 0 Å². The highest BCUT2D eigenvalue weighted by atomic mass is 16.5. The highest BCUT2D eigenvalue weighted by molar-refractivity contribution is 5.77. The van der Waals surface area contributed by atoms with Gasteiger partial charge in [0.05, 0.1) is 6.10 Å². The van der Waals surface area contributed by atoms with E-state index in [1.54, 1.807) is 0 Å². The molecule has 1 aliphatic carbocycles. The minimum Gasteiger partial charge on any atom is -0.368 e. The van der Waals surface area contributed by atoms with Crippen molar-refractivity contribution in [1.82, 2.24) is 14.5 Å². The van der Waals surface area contributed by atoms with E-state index >= 15 is 0 Å². The molecule has 1 fully saturated rings. The second-order valence-corrected chi connectivity index (χ2v) is 6.74. The molecule has 0 bridgehead atoms. The van der Waals surface area contributed by atoms with Crippen LogP contribution in [0.1, 0.15) is 44.3 Å². The molecule has 2 heterocycles. The summed E-state index contributed by atoms with van der Waals surface area (Å²) in [4.78, 5) is 18.5. The second-order valence-electron chi connectivity index (χ2n) is 6.74. The van der Waals surface area contributed by atoms with Gasteiger partial charge in [-0.25, -0.2) is 4.98 Å². The minimum atomic E-state index is 0.111. The molecule has 0 saturated heterocycles. The molecule has 3 rings (SSSR count). The first kappa shape index (κ1) is 15.5. The first-order valence-corrected chi connectivity index (χ1v) is 8.58. The molecule has 0 radical (unpaired) electrons. The number of likely N-dealkylation sites (N-methyl/N-ethyl adjacent to an activating group) is 1. The molecule has 5 heteroatoms. The Balaban J connectivity index is 1.41. The smallest absolute Gasteiger partial charge is 0.248 e. The van der Waals surface area contributed by atoms with Crippen molar-refractivity contribution in [1.29, 1.82) is 0 Å². The summed E-state index contributed by atoms with van der Waals surface area (Å²) in [6.07, 6.45) is 12.3. The number of fused-ring (bicyclic) bond motifs is 1. The van der Waals surface area contributed by atoms with E-state index in [-0.39, 0.29) is 12.5 Å². The number of carbonyl (C=O) groups is 1. The third kappa shape index (κ3) is 3.88. The summed E-state index contributed by atoms with van der Waals surface area (Å²) >= 11 is 0. The van der Waals surface area contributed by atoms with Crippen LogP contribution in [0.25, 0.3) is 0 Å². The summed E-state index contributed by atoms with van der Waals surface area (Å²) in [5, 5.41) is 0. The maximum atomic E-state index is 12.2. The third-order valence-corrected chi connectivity index (χ3v) is 5.00. The van der Waals surface area contributed by atoms with Crippen LogP contribution in [0.4, 0.5) is 0 Å². The molecule has 22 heavy (non-hydrogen) atoms. The highest BCUT2D eigenvalue weighted by Gasteiger charge is 2.23. The zero-order valence-electron chi connectivity index (χ0n) is 13.5. The molecular weight excluding hydrogens is 278 g/mol. The predicted molar refractivity (Wildman–Crippen MR) is 84.5 cm³/mol. The first-order chi connectivity index (χ1) is 10.7. The zero-order chi connectivity index (χ0) is 15.4. The van der Waals surface area contributed by atoms with E-state index in [1.165, 1.54) is 19.3 Å². The molecule has 0 N–H and O–H groups in total. The summed E-state index contributed by atoms with van der Waals surface area (Å²) in [7, 11) is 1.90. The quantitative estimate of drug-likeness (QED) is 0.838. The van der Waals surface area contributed by atoms with Gasteiger partial charge in [-0.2, -0.15) is 0 Å². The second kappa shape index (κ2) is 7.27. The molecule has 122 valence electrons. The molecule has 1 atom stereocenters. The van der Waals surface area contributed by atoms with Crippen LogP contribution in [0.5, 0.6) is 0 Å². The first-order valence-electron chi connectivity index (χ1n) is 8.58. The molecule has 1 saturated carbocycles. The molecule has 2 aliphatic rings. The summed E-state index contributed by atoms with van der Waals surface area (Å²) in [5.74, 6) is 1.77. The van der Waals surface area contributed by atoms with Crippen LogP contribution in [0.15, 0.2) is 12.4 Å². The number of amides is 1. The van der Waals surface area contributed by atoms with Gasteiger partial charge in [-0.05, 0) is 25.2 Å². The lowest BCUT2D eigenvalue weighted by molar-refractivity contribution is -0.138. The lowest BCUT2D eigenvalue weighted by Gasteiger charge is -2.28. The van der Waals surface area contributed by atoms with Gasteiger partial charge in [0.1, 0.15) is 12.4 Å². The lowest BCUT2D eigenvalue weighted by atomic mass is 9.97. The zero-order valence-corrected chi connectivity index (χ0v) is 13.5. The Kier molecular flexibility index (Phi) is 5.13. The average Bonchev–Trinajstić information content (AvgIpc) is 3.01. The van der Waals surface area contributed by atoms with E-state index in [1.807, 2.05) is 24.3 Å². The Morgan fingerprint density at radius 3 is 3.00 bits per heavy atom. The van der Waals surface area contributed by atoms with Crippen molar-refractivity contribution in [2.24, 2.45) is 5.92 Å². The average molecular weight is 305 g/mol. The van der Waals surface area contributed by atoms with E-state index in [0.717, 1.165) is 44.6 Å². The van der Waals surface area contributed by atoms with Crippen LogP contribution in [0.2, 0.25) is 0 Å². The Morgan fingerprint density at radius 1 is 1.36 bits per heavy atom. The van der Waals surface area contributed by atoms with Crippen LogP contribution >= 0.6 is 0 Å². The van der Waals surface area contributed by atoms with Gasteiger partial charge >= 0.3 is 0 Å². The van der Waals surface area contributed by atoms with Crippen molar-refractivity contribution in [3.05, 3.63) is 18.2 Å². The Morgan fingerprint density at radius 2 is 2.18 bits per heavy atom. The lowest BCUT2D eigenvalue weighted by Crippen LogP contribution is -2.37. The number of hydrogen-bond donors (Lipinski definition) is 0. The number of nitrogens with zero attached hydrogens (tertiary/aromatic N) is 3. The maximum Gasteiger partial charge on any atom is 0.248 e. The Hall–Kier alpha value is -1.36. The fourth-order valence-corrected chi connectivity index (χ4v) is 3.59. The molecule has 1 aromatic rings. The normalized spacial score (nSPS) is 22.3. The van der Waals surface area contributed by atoms with Crippen LogP contribution < -0.4 is 0 Å². The molecule has 1 aliphatic heterocycles. The van der Waals surface area contributed by atoms with Gasteiger partial charge in [0.25, 0.3) is 0 Å². The van der Waals surface area contributed by atoms with E-state index in [2.05, 4.69) is 9.55 Å². The number of ether oxygens (including phenoxy) is 1. The number of aryl methyl sites for hydroxylation is 1. The van der Waals surface area contributed by atoms with Gasteiger partial charge in [-0.1, -0.05) is 19.3 Å². The Bertz CT molecular complexity index is 494. The summed E-state index contributed by atoms with van der Waals surface area (Å²) in [6, 6.07) is 0. The Labute approximate surface area is 132 Å². The molecule has 5 nitrogen and oxygen atoms in total. The van der Waals surface area contributed by atoms with Gasteiger partial charge < -0.3 is 14.2 Å². The largest absolute Gasteiger partial charge is 0.368 e. The van der Waals surface area contributed by atoms with E-state index in [9.17, 15) is 4.79 Å². The number of carbonyl (C=O) groups excluding carboxylic acids is 1. The molecule has 1 aromatic heterocycles. The molecule has 1 unspecified atom stereocenters. The van der Waals surface area contributed by atoms with E-state index in [0.29, 0.717) is 12.0 Å². The summed E-state index contributed by atoms with van der Waals surface area (Å²) in [5.41, 5.74) is 0. The monoisotopic (exact) mass is 305 g/mol. The van der Waals surface area contributed by atoms with Gasteiger partial charge in [0, 0.05) is 39.0 Å². The standard InChI is InChI=1S/C17H27N3O2/c1-19(17(21)13-22-15-5-3-2-4-6-15)12-14-7-9-20-10-8-18-16(20)11-14/h8,10,14-15H,2-7,9,11-13H2,1H3. The van der Waals surface area contributed by atoms with Gasteiger partial charge in [0.15, 0.2) is 0 Å². The fourth-order valence-electron chi connectivity index (χ4n) is 3.59. The van der Waals surface area contributed by atoms with Crippen LogP contribution in [-0.2, 0) is 22.5 Å². The van der Waals surface area contributed by atoms with E-state index < -0.39 is 0 Å². The van der Waals surface area contributed by atoms with Crippen LogP contribution in [0.3, 0.4) is 0 Å². The fraction of sp³-hybridized carbons (Fsp3) is 0.765. The molecule has 0 spiro atoms. The minimum absolute atomic E-state index is 0.111. The summed E-state index contributed by atoms with van der Waals surface area (Å²) < 4.78 is 8.00. The van der Waals surface area contributed by atoms with Crippen molar-refractivity contribution in [3.63, 3.8) is 0 Å². The van der Waals surface area contributed by atoms with Gasteiger partial charge in [0.2, 0.25) is 5.91 Å². The maximum absolute atomic E-state index is 12.2.